The summed E-state index contributed by atoms with van der Waals surface area (Å²) in [5.74, 6) is 0.767. The van der Waals surface area contributed by atoms with Crippen LogP contribution in [0.25, 0.3) is 11.3 Å². The first-order valence-electron chi connectivity index (χ1n) is 5.43. The summed E-state index contributed by atoms with van der Waals surface area (Å²) in [5, 5.41) is 4.77. The highest BCUT2D eigenvalue weighted by Gasteiger charge is 2.07. The number of hydrogen-bond acceptors (Lipinski definition) is 3. The van der Waals surface area contributed by atoms with Gasteiger partial charge in [0.05, 0.1) is 12.8 Å². The maximum atomic E-state index is 11.8. The molecule has 1 aromatic carbocycles. The molecule has 0 radical (unpaired) electrons. The number of ether oxygens (including phenoxy) is 1. The molecule has 18 heavy (non-hydrogen) atoms. The summed E-state index contributed by atoms with van der Waals surface area (Å²) >= 11 is 3.31. The molecule has 5 heteroatoms. The number of nitrogens with zero attached hydrogens (tertiary/aromatic N) is 2. The molecular formula is C13H13BrN2O2. The topological polar surface area (TPSA) is 44.1 Å². The second-order valence-corrected chi connectivity index (χ2v) is 4.41. The molecule has 0 aliphatic heterocycles. The lowest BCUT2D eigenvalue weighted by Crippen LogP contribution is -2.23. The Kier molecular flexibility index (Phi) is 3.81. The quantitative estimate of drug-likeness (QED) is 0.818. The minimum absolute atomic E-state index is 0.0847. The van der Waals surface area contributed by atoms with Crippen LogP contribution in [0.1, 0.15) is 5.56 Å². The van der Waals surface area contributed by atoms with Gasteiger partial charge >= 0.3 is 0 Å². The van der Waals surface area contributed by atoms with Crippen LogP contribution in [0, 0.1) is 0 Å². The third kappa shape index (κ3) is 2.46. The van der Waals surface area contributed by atoms with Gasteiger partial charge in [-0.15, -0.1) is 0 Å². The van der Waals surface area contributed by atoms with Crippen molar-refractivity contribution in [1.29, 1.82) is 0 Å². The molecule has 0 spiro atoms. The number of aromatic nitrogens is 2. The van der Waals surface area contributed by atoms with Crippen LogP contribution in [0.5, 0.6) is 5.75 Å². The van der Waals surface area contributed by atoms with E-state index in [-0.39, 0.29) is 5.56 Å². The van der Waals surface area contributed by atoms with Gasteiger partial charge in [0.1, 0.15) is 5.75 Å². The molecule has 0 aliphatic carbocycles. The van der Waals surface area contributed by atoms with Crippen molar-refractivity contribution in [3.05, 3.63) is 46.2 Å². The van der Waals surface area contributed by atoms with Gasteiger partial charge in [-0.2, -0.15) is 5.10 Å². The standard InChI is InChI=1S/C13H13BrN2O2/c1-16-13(17)10(8-14)7-12(15-16)9-4-3-5-11(6-9)18-2/h3-7H,8H2,1-2H3. The van der Waals surface area contributed by atoms with Crippen LogP contribution < -0.4 is 10.3 Å². The molecule has 2 rings (SSSR count). The summed E-state index contributed by atoms with van der Waals surface area (Å²) in [5.41, 5.74) is 2.28. The third-order valence-electron chi connectivity index (χ3n) is 2.65. The average Bonchev–Trinajstić information content (AvgIpc) is 2.41. The Morgan fingerprint density at radius 1 is 1.39 bits per heavy atom. The fourth-order valence-corrected chi connectivity index (χ4v) is 2.09. The SMILES string of the molecule is COc1cccc(-c2cc(CBr)c(=O)n(C)n2)c1. The zero-order valence-electron chi connectivity index (χ0n) is 10.2. The van der Waals surface area contributed by atoms with E-state index in [0.29, 0.717) is 10.9 Å². The Morgan fingerprint density at radius 3 is 2.83 bits per heavy atom. The molecular weight excluding hydrogens is 296 g/mol. The molecule has 0 fully saturated rings. The monoisotopic (exact) mass is 308 g/mol. The fraction of sp³-hybridized carbons (Fsp3) is 0.231. The second kappa shape index (κ2) is 5.35. The number of alkyl halides is 1. The zero-order valence-corrected chi connectivity index (χ0v) is 11.8. The first-order chi connectivity index (χ1) is 8.65. The molecule has 0 N–H and O–H groups in total. The molecule has 94 valence electrons. The molecule has 0 amide bonds. The van der Waals surface area contributed by atoms with Gasteiger partial charge in [-0.1, -0.05) is 28.1 Å². The van der Waals surface area contributed by atoms with Crippen LogP contribution in [0.2, 0.25) is 0 Å². The Balaban J connectivity index is 2.56. The van der Waals surface area contributed by atoms with E-state index in [2.05, 4.69) is 21.0 Å². The Morgan fingerprint density at radius 2 is 2.17 bits per heavy atom. The van der Waals surface area contributed by atoms with E-state index in [9.17, 15) is 4.79 Å². The van der Waals surface area contributed by atoms with Crippen LogP contribution >= 0.6 is 15.9 Å². The first kappa shape index (κ1) is 12.8. The summed E-state index contributed by atoms with van der Waals surface area (Å²) in [7, 11) is 3.27. The average molecular weight is 309 g/mol. The number of methoxy groups -OCH3 is 1. The fourth-order valence-electron chi connectivity index (χ4n) is 1.69. The molecule has 0 atom stereocenters. The Bertz CT molecular complexity index is 623. The van der Waals surface area contributed by atoms with Gasteiger partial charge in [0.25, 0.3) is 5.56 Å². The molecule has 1 heterocycles. The van der Waals surface area contributed by atoms with Gasteiger partial charge in [-0.25, -0.2) is 4.68 Å². The molecule has 1 aromatic heterocycles. The van der Waals surface area contributed by atoms with Crippen molar-refractivity contribution >= 4 is 15.9 Å². The first-order valence-corrected chi connectivity index (χ1v) is 6.55. The van der Waals surface area contributed by atoms with E-state index in [1.807, 2.05) is 24.3 Å². The Labute approximate surface area is 113 Å². The minimum atomic E-state index is -0.0847. The predicted octanol–water partition coefficient (Wildman–Crippen LogP) is 2.35. The van der Waals surface area contributed by atoms with Gasteiger partial charge in [-0.05, 0) is 18.2 Å². The summed E-state index contributed by atoms with van der Waals surface area (Å²) < 4.78 is 6.53. The lowest BCUT2D eigenvalue weighted by atomic mass is 10.1. The molecule has 4 nitrogen and oxygen atoms in total. The van der Waals surface area contributed by atoms with Crippen LogP contribution in [0.15, 0.2) is 35.1 Å². The van der Waals surface area contributed by atoms with E-state index < -0.39 is 0 Å². The number of benzene rings is 1. The van der Waals surface area contributed by atoms with Crippen LogP contribution in [0.4, 0.5) is 0 Å². The smallest absolute Gasteiger partial charge is 0.270 e. The summed E-state index contributed by atoms with van der Waals surface area (Å²) in [4.78, 5) is 11.8. The summed E-state index contributed by atoms with van der Waals surface area (Å²) in [6.45, 7) is 0. The minimum Gasteiger partial charge on any atom is -0.497 e. The third-order valence-corrected chi connectivity index (χ3v) is 3.25. The van der Waals surface area contributed by atoms with E-state index in [1.54, 1.807) is 20.2 Å². The van der Waals surface area contributed by atoms with Crippen molar-refractivity contribution in [2.45, 2.75) is 5.33 Å². The van der Waals surface area contributed by atoms with Crippen molar-refractivity contribution in [3.63, 3.8) is 0 Å². The Hall–Kier alpha value is -1.62. The summed E-state index contributed by atoms with van der Waals surface area (Å²) in [6.07, 6.45) is 0. The highest BCUT2D eigenvalue weighted by atomic mass is 79.9. The van der Waals surface area contributed by atoms with Crippen LogP contribution in [-0.2, 0) is 12.4 Å². The normalized spacial score (nSPS) is 10.4. The molecule has 0 saturated heterocycles. The highest BCUT2D eigenvalue weighted by Crippen LogP contribution is 2.22. The van der Waals surface area contributed by atoms with E-state index in [1.165, 1.54) is 4.68 Å². The lowest BCUT2D eigenvalue weighted by molar-refractivity contribution is 0.415. The number of hydrogen-bond donors (Lipinski definition) is 0. The van der Waals surface area contributed by atoms with Gasteiger partial charge in [-0.3, -0.25) is 4.79 Å². The molecule has 0 aliphatic rings. The van der Waals surface area contributed by atoms with E-state index in [0.717, 1.165) is 17.0 Å². The van der Waals surface area contributed by atoms with Gasteiger partial charge in [0, 0.05) is 23.5 Å². The van der Waals surface area contributed by atoms with Crippen molar-refractivity contribution in [2.75, 3.05) is 7.11 Å². The van der Waals surface area contributed by atoms with E-state index >= 15 is 0 Å². The number of aryl methyl sites for hydroxylation is 1. The molecule has 0 unspecified atom stereocenters. The number of halogens is 1. The van der Waals surface area contributed by atoms with Crippen LogP contribution in [-0.4, -0.2) is 16.9 Å². The van der Waals surface area contributed by atoms with Crippen molar-refractivity contribution in [1.82, 2.24) is 9.78 Å². The van der Waals surface area contributed by atoms with Crippen molar-refractivity contribution in [2.24, 2.45) is 7.05 Å². The highest BCUT2D eigenvalue weighted by molar-refractivity contribution is 9.08. The van der Waals surface area contributed by atoms with Gasteiger partial charge in [0.15, 0.2) is 0 Å². The zero-order chi connectivity index (χ0) is 13.1. The molecule has 0 bridgehead atoms. The lowest BCUT2D eigenvalue weighted by Gasteiger charge is -2.07. The van der Waals surface area contributed by atoms with Crippen molar-refractivity contribution < 1.29 is 4.74 Å². The molecule has 0 saturated carbocycles. The van der Waals surface area contributed by atoms with Gasteiger partial charge < -0.3 is 4.74 Å². The number of rotatable bonds is 3. The van der Waals surface area contributed by atoms with Gasteiger partial charge in [0.2, 0.25) is 0 Å². The molecule has 2 aromatic rings. The van der Waals surface area contributed by atoms with Crippen molar-refractivity contribution in [3.8, 4) is 17.0 Å². The second-order valence-electron chi connectivity index (χ2n) is 3.85. The van der Waals surface area contributed by atoms with Crippen LogP contribution in [0.3, 0.4) is 0 Å². The predicted molar refractivity (Wildman–Crippen MR) is 74.1 cm³/mol. The largest absolute Gasteiger partial charge is 0.497 e. The maximum absolute atomic E-state index is 11.8. The van der Waals surface area contributed by atoms with E-state index in [4.69, 9.17) is 4.74 Å². The maximum Gasteiger partial charge on any atom is 0.270 e. The summed E-state index contributed by atoms with van der Waals surface area (Å²) in [6, 6.07) is 9.40.